The Balaban J connectivity index is 2.74. The van der Waals surface area contributed by atoms with Gasteiger partial charge in [-0.2, -0.15) is 0 Å². The maximum Gasteiger partial charge on any atom is 0.327 e. The minimum Gasteiger partial charge on any atom is -0.491 e. The molecule has 0 bridgehead atoms. The highest BCUT2D eigenvalue weighted by atomic mass is 16.5. The molecule has 1 aromatic carbocycles. The fraction of sp³-hybridized carbons (Fsp3) is 0.588. The molecule has 21 heavy (non-hydrogen) atoms. The molecule has 0 aliphatic heterocycles. The number of carboxylic acids is 1. The van der Waals surface area contributed by atoms with Crippen LogP contribution in [0.25, 0.3) is 0 Å². The molecule has 0 saturated carbocycles. The van der Waals surface area contributed by atoms with E-state index in [1.54, 1.807) is 6.92 Å². The second-order valence-corrected chi connectivity index (χ2v) is 6.22. The first kappa shape index (κ1) is 17.5. The maximum atomic E-state index is 11.3. The van der Waals surface area contributed by atoms with Crippen LogP contribution in [0.15, 0.2) is 24.3 Å². The van der Waals surface area contributed by atoms with E-state index < -0.39 is 11.5 Å². The average molecular weight is 293 g/mol. The van der Waals surface area contributed by atoms with Crippen molar-refractivity contribution in [3.05, 3.63) is 29.8 Å². The predicted molar refractivity (Wildman–Crippen MR) is 85.0 cm³/mol. The summed E-state index contributed by atoms with van der Waals surface area (Å²) in [6, 6.07) is 7.90. The molecule has 0 heterocycles. The monoisotopic (exact) mass is 293 g/mol. The summed E-state index contributed by atoms with van der Waals surface area (Å²) in [5, 5.41) is 12.2. The van der Waals surface area contributed by atoms with E-state index >= 15 is 0 Å². The predicted octanol–water partition coefficient (Wildman–Crippen LogP) is 3.21. The third-order valence-corrected chi connectivity index (χ3v) is 4.09. The number of nitrogens with one attached hydrogen (secondary N) is 1. The number of likely N-dealkylation sites (N-methyl/N-ethyl adjacent to an activating group) is 1. The lowest BCUT2D eigenvalue weighted by molar-refractivity contribution is -0.145. The van der Waals surface area contributed by atoms with Crippen LogP contribution in [0.3, 0.4) is 0 Å². The van der Waals surface area contributed by atoms with Gasteiger partial charge in [-0.15, -0.1) is 0 Å². The fourth-order valence-electron chi connectivity index (χ4n) is 2.01. The number of hydrogen-bond donors (Lipinski definition) is 2. The van der Waals surface area contributed by atoms with Gasteiger partial charge in [0, 0.05) is 0 Å². The van der Waals surface area contributed by atoms with Gasteiger partial charge in [-0.05, 0) is 43.0 Å². The zero-order chi connectivity index (χ0) is 16.1. The van der Waals surface area contributed by atoms with Gasteiger partial charge >= 0.3 is 5.97 Å². The lowest BCUT2D eigenvalue weighted by Gasteiger charge is -2.26. The van der Waals surface area contributed by atoms with E-state index in [1.165, 1.54) is 5.56 Å². The van der Waals surface area contributed by atoms with Crippen LogP contribution in [0.1, 0.15) is 46.6 Å². The summed E-state index contributed by atoms with van der Waals surface area (Å²) in [5.41, 5.74) is 0.318. The second-order valence-electron chi connectivity index (χ2n) is 6.22. The number of carboxylic acid groups (broad SMARTS) is 1. The van der Waals surface area contributed by atoms with Crippen LogP contribution in [0.4, 0.5) is 0 Å². The third kappa shape index (κ3) is 4.46. The molecule has 0 fully saturated rings. The lowest BCUT2D eigenvalue weighted by atomic mass is 9.82. The largest absolute Gasteiger partial charge is 0.491 e. The number of rotatable bonds is 8. The van der Waals surface area contributed by atoms with Crippen LogP contribution < -0.4 is 10.1 Å². The molecule has 0 aliphatic carbocycles. The zero-order valence-corrected chi connectivity index (χ0v) is 13.7. The Labute approximate surface area is 127 Å². The van der Waals surface area contributed by atoms with Crippen LogP contribution in [0, 0.1) is 0 Å². The molecule has 118 valence electrons. The highest BCUT2D eigenvalue weighted by Gasteiger charge is 2.33. The summed E-state index contributed by atoms with van der Waals surface area (Å²) in [6.07, 6.45) is 1.06. The normalized spacial score (nSPS) is 14.5. The molecule has 4 nitrogen and oxygen atoms in total. The van der Waals surface area contributed by atoms with E-state index in [0.717, 1.165) is 6.42 Å². The quantitative estimate of drug-likeness (QED) is 0.772. The molecular weight excluding hydrogens is 266 g/mol. The minimum atomic E-state index is -1.07. The van der Waals surface area contributed by atoms with Crippen LogP contribution in [0.2, 0.25) is 0 Å². The van der Waals surface area contributed by atoms with Crippen molar-refractivity contribution in [2.75, 3.05) is 13.2 Å². The molecular formula is C17H27NO3. The standard InChI is InChI=1S/C17H27NO3/c1-6-16(3,4)13-8-10-14(11-9-13)21-12-17(5,15(19)20)18-7-2/h8-11,18H,6-7,12H2,1-5H3,(H,19,20). The molecule has 0 spiro atoms. The van der Waals surface area contributed by atoms with E-state index in [9.17, 15) is 9.90 Å². The van der Waals surface area contributed by atoms with Crippen LogP contribution in [-0.2, 0) is 10.2 Å². The van der Waals surface area contributed by atoms with E-state index in [1.807, 2.05) is 31.2 Å². The third-order valence-electron chi connectivity index (χ3n) is 4.09. The SMILES string of the molecule is CCNC(C)(COc1ccc(C(C)(C)CC)cc1)C(=O)O. The van der Waals surface area contributed by atoms with Crippen molar-refractivity contribution in [2.45, 2.75) is 52.0 Å². The summed E-state index contributed by atoms with van der Waals surface area (Å²) in [7, 11) is 0. The van der Waals surface area contributed by atoms with E-state index in [4.69, 9.17) is 4.74 Å². The summed E-state index contributed by atoms with van der Waals surface area (Å²) >= 11 is 0. The molecule has 1 unspecified atom stereocenters. The van der Waals surface area contributed by atoms with E-state index in [-0.39, 0.29) is 12.0 Å². The average Bonchev–Trinajstić information content (AvgIpc) is 2.45. The van der Waals surface area contributed by atoms with E-state index in [0.29, 0.717) is 12.3 Å². The molecule has 1 atom stereocenters. The van der Waals surface area contributed by atoms with E-state index in [2.05, 4.69) is 26.1 Å². The molecule has 0 amide bonds. The van der Waals surface area contributed by atoms with Crippen molar-refractivity contribution in [3.8, 4) is 5.75 Å². The molecule has 4 heteroatoms. The summed E-state index contributed by atoms with van der Waals surface area (Å²) in [5.74, 6) is -0.218. The van der Waals surface area contributed by atoms with Crippen molar-refractivity contribution in [1.29, 1.82) is 0 Å². The highest BCUT2D eigenvalue weighted by Crippen LogP contribution is 2.28. The smallest absolute Gasteiger partial charge is 0.327 e. The molecule has 2 N–H and O–H groups in total. The topological polar surface area (TPSA) is 58.6 Å². The highest BCUT2D eigenvalue weighted by molar-refractivity contribution is 5.78. The molecule has 0 aromatic heterocycles. The summed E-state index contributed by atoms with van der Waals surface area (Å²) < 4.78 is 5.64. The van der Waals surface area contributed by atoms with Crippen molar-refractivity contribution in [3.63, 3.8) is 0 Å². The van der Waals surface area contributed by atoms with Gasteiger partial charge in [-0.25, -0.2) is 0 Å². The molecule has 1 aromatic rings. The summed E-state index contributed by atoms with van der Waals surface area (Å²) in [4.78, 5) is 11.3. The second kappa shape index (κ2) is 6.94. The van der Waals surface area contributed by atoms with Crippen LogP contribution in [0.5, 0.6) is 5.75 Å². The van der Waals surface area contributed by atoms with Gasteiger partial charge in [0.15, 0.2) is 0 Å². The van der Waals surface area contributed by atoms with Gasteiger partial charge in [0.05, 0.1) is 0 Å². The zero-order valence-electron chi connectivity index (χ0n) is 13.7. The van der Waals surface area contributed by atoms with Crippen LogP contribution in [-0.4, -0.2) is 29.8 Å². The Kier molecular flexibility index (Phi) is 5.78. The molecule has 0 aliphatic rings. The van der Waals surface area contributed by atoms with Gasteiger partial charge in [-0.1, -0.05) is 39.8 Å². The molecule has 1 rings (SSSR count). The Hall–Kier alpha value is -1.55. The van der Waals surface area contributed by atoms with Gasteiger partial charge in [0.25, 0.3) is 0 Å². The van der Waals surface area contributed by atoms with Crippen molar-refractivity contribution >= 4 is 5.97 Å². The molecule has 0 radical (unpaired) electrons. The van der Waals surface area contributed by atoms with Crippen molar-refractivity contribution in [2.24, 2.45) is 0 Å². The van der Waals surface area contributed by atoms with Gasteiger partial charge < -0.3 is 9.84 Å². The van der Waals surface area contributed by atoms with Gasteiger partial charge in [-0.3, -0.25) is 10.1 Å². The maximum absolute atomic E-state index is 11.3. The Bertz CT molecular complexity index is 467. The van der Waals surface area contributed by atoms with Crippen LogP contribution >= 0.6 is 0 Å². The number of hydrogen-bond acceptors (Lipinski definition) is 3. The van der Waals surface area contributed by atoms with Crippen molar-refractivity contribution < 1.29 is 14.6 Å². The first-order valence-electron chi connectivity index (χ1n) is 7.47. The first-order valence-corrected chi connectivity index (χ1v) is 7.47. The Morgan fingerprint density at radius 2 is 1.76 bits per heavy atom. The Morgan fingerprint density at radius 3 is 2.19 bits per heavy atom. The van der Waals surface area contributed by atoms with Crippen molar-refractivity contribution in [1.82, 2.24) is 5.32 Å². The lowest BCUT2D eigenvalue weighted by Crippen LogP contribution is -2.53. The summed E-state index contributed by atoms with van der Waals surface area (Å²) in [6.45, 7) is 10.8. The number of aliphatic carboxylic acids is 1. The molecule has 0 saturated heterocycles. The number of carbonyl (C=O) groups is 1. The number of ether oxygens (including phenoxy) is 1. The Morgan fingerprint density at radius 1 is 1.19 bits per heavy atom. The van der Waals surface area contributed by atoms with Gasteiger partial charge in [0.2, 0.25) is 0 Å². The van der Waals surface area contributed by atoms with Gasteiger partial charge in [0.1, 0.15) is 17.9 Å². The first-order chi connectivity index (χ1) is 9.75. The number of benzene rings is 1. The minimum absolute atomic E-state index is 0.0900. The fourth-order valence-corrected chi connectivity index (χ4v) is 2.01.